The second-order valence-electron chi connectivity index (χ2n) is 4.47. The van der Waals surface area contributed by atoms with Crippen molar-refractivity contribution in [3.63, 3.8) is 0 Å². The zero-order valence-electron chi connectivity index (χ0n) is 9.79. The van der Waals surface area contributed by atoms with Crippen molar-refractivity contribution < 1.29 is 9.59 Å². The van der Waals surface area contributed by atoms with Crippen LogP contribution in [0.25, 0.3) is 0 Å². The molecule has 3 nitrogen and oxygen atoms in total. The average Bonchev–Trinajstić information content (AvgIpc) is 2.42. The summed E-state index contributed by atoms with van der Waals surface area (Å²) in [4.78, 5) is 24.9. The Morgan fingerprint density at radius 2 is 2.13 bits per heavy atom. The molecule has 3 heteroatoms. The van der Waals surface area contributed by atoms with Crippen LogP contribution in [0.4, 0.5) is 0 Å². The maximum atomic E-state index is 11.8. The molecule has 0 spiro atoms. The number of imide groups is 1. The van der Waals surface area contributed by atoms with Crippen LogP contribution < -0.4 is 0 Å². The van der Waals surface area contributed by atoms with E-state index in [0.29, 0.717) is 25.3 Å². The van der Waals surface area contributed by atoms with E-state index >= 15 is 0 Å². The highest BCUT2D eigenvalue weighted by atomic mass is 16.2. The fraction of sp³-hybridized carbons (Fsp3) is 0.833. The molecule has 1 heterocycles. The first-order valence-electron chi connectivity index (χ1n) is 5.98. The van der Waals surface area contributed by atoms with Gasteiger partial charge in [0.25, 0.3) is 0 Å². The van der Waals surface area contributed by atoms with Crippen molar-refractivity contribution in [2.24, 2.45) is 5.92 Å². The molecule has 0 aromatic carbocycles. The highest BCUT2D eigenvalue weighted by Crippen LogP contribution is 2.15. The molecule has 1 saturated heterocycles. The van der Waals surface area contributed by atoms with Crippen LogP contribution in [0.15, 0.2) is 0 Å². The zero-order chi connectivity index (χ0) is 11.3. The molecule has 0 radical (unpaired) electrons. The summed E-state index contributed by atoms with van der Waals surface area (Å²) in [5.74, 6) is 0.436. The number of amides is 2. The summed E-state index contributed by atoms with van der Waals surface area (Å²) in [6.45, 7) is 4.76. The van der Waals surface area contributed by atoms with Crippen molar-refractivity contribution in [1.29, 1.82) is 0 Å². The number of carbonyl (C=O) groups is 2. The van der Waals surface area contributed by atoms with Crippen LogP contribution in [0, 0.1) is 5.92 Å². The van der Waals surface area contributed by atoms with Crippen LogP contribution >= 0.6 is 0 Å². The average molecular weight is 211 g/mol. The lowest BCUT2D eigenvalue weighted by molar-refractivity contribution is -0.144. The molecule has 86 valence electrons. The summed E-state index contributed by atoms with van der Waals surface area (Å²) in [6, 6.07) is 0. The number of carbonyl (C=O) groups excluding carboxylic acids is 2. The maximum absolute atomic E-state index is 11.8. The molecule has 1 aliphatic heterocycles. The molecule has 1 rings (SSSR count). The fourth-order valence-electron chi connectivity index (χ4n) is 1.80. The van der Waals surface area contributed by atoms with E-state index < -0.39 is 0 Å². The van der Waals surface area contributed by atoms with Gasteiger partial charge in [0, 0.05) is 19.4 Å². The van der Waals surface area contributed by atoms with Gasteiger partial charge in [-0.1, -0.05) is 26.7 Å². The molecule has 0 unspecified atom stereocenters. The number of likely N-dealkylation sites (tertiary alicyclic amines) is 1. The Kier molecular flexibility index (Phi) is 4.79. The van der Waals surface area contributed by atoms with Crippen LogP contribution in [0.2, 0.25) is 0 Å². The molecule has 2 amide bonds. The topological polar surface area (TPSA) is 37.4 Å². The Morgan fingerprint density at radius 1 is 1.40 bits per heavy atom. The smallest absolute Gasteiger partial charge is 0.229 e. The highest BCUT2D eigenvalue weighted by molar-refractivity contribution is 5.95. The first kappa shape index (κ1) is 12.2. The number of hydrogen-bond donors (Lipinski definition) is 0. The zero-order valence-corrected chi connectivity index (χ0v) is 9.79. The van der Waals surface area contributed by atoms with Crippen molar-refractivity contribution in [3.8, 4) is 0 Å². The maximum Gasteiger partial charge on any atom is 0.229 e. The lowest BCUT2D eigenvalue weighted by Gasteiger charge is -2.20. The molecule has 1 fully saturated rings. The minimum atomic E-state index is 0.0243. The van der Waals surface area contributed by atoms with Gasteiger partial charge in [0.05, 0.1) is 0 Å². The number of hydrogen-bond acceptors (Lipinski definition) is 2. The van der Waals surface area contributed by atoms with E-state index in [1.165, 1.54) is 4.90 Å². The van der Waals surface area contributed by atoms with Gasteiger partial charge in [0.15, 0.2) is 0 Å². The normalized spacial score (nSPS) is 19.9. The molecule has 1 atom stereocenters. The van der Waals surface area contributed by atoms with E-state index in [9.17, 15) is 9.59 Å². The van der Waals surface area contributed by atoms with Crippen molar-refractivity contribution in [1.82, 2.24) is 4.90 Å². The Balaban J connectivity index is 2.52. The largest absolute Gasteiger partial charge is 0.283 e. The Bertz CT molecular complexity index is 238. The summed E-state index contributed by atoms with van der Waals surface area (Å²) in [5, 5.41) is 0. The first-order valence-corrected chi connectivity index (χ1v) is 5.98. The van der Waals surface area contributed by atoms with Gasteiger partial charge in [-0.15, -0.1) is 0 Å². The van der Waals surface area contributed by atoms with Gasteiger partial charge in [-0.05, 0) is 18.8 Å². The van der Waals surface area contributed by atoms with Gasteiger partial charge in [-0.25, -0.2) is 0 Å². The van der Waals surface area contributed by atoms with Crippen molar-refractivity contribution in [2.45, 2.75) is 52.4 Å². The third-order valence-corrected chi connectivity index (χ3v) is 3.09. The Morgan fingerprint density at radius 3 is 2.80 bits per heavy atom. The van der Waals surface area contributed by atoms with Crippen molar-refractivity contribution in [2.75, 3.05) is 6.54 Å². The number of rotatable bonds is 3. The molecule has 1 aliphatic rings. The molecule has 0 aliphatic carbocycles. The van der Waals surface area contributed by atoms with Gasteiger partial charge in [-0.3, -0.25) is 14.5 Å². The quantitative estimate of drug-likeness (QED) is 0.718. The molecule has 0 saturated carbocycles. The first-order chi connectivity index (χ1) is 7.15. The minimum Gasteiger partial charge on any atom is -0.283 e. The van der Waals surface area contributed by atoms with Gasteiger partial charge in [0.1, 0.15) is 0 Å². The van der Waals surface area contributed by atoms with Crippen LogP contribution in [0.5, 0.6) is 0 Å². The van der Waals surface area contributed by atoms with Gasteiger partial charge in [0.2, 0.25) is 11.8 Å². The predicted molar refractivity (Wildman–Crippen MR) is 59.3 cm³/mol. The van der Waals surface area contributed by atoms with E-state index in [2.05, 4.69) is 13.8 Å². The minimum absolute atomic E-state index is 0.0243. The number of nitrogens with zero attached hydrogens (tertiary/aromatic N) is 1. The van der Waals surface area contributed by atoms with Crippen LogP contribution in [0.3, 0.4) is 0 Å². The van der Waals surface area contributed by atoms with E-state index in [1.807, 2.05) is 0 Å². The molecule has 15 heavy (non-hydrogen) atoms. The van der Waals surface area contributed by atoms with E-state index in [0.717, 1.165) is 25.7 Å². The van der Waals surface area contributed by atoms with E-state index in [4.69, 9.17) is 0 Å². The van der Waals surface area contributed by atoms with Gasteiger partial charge >= 0.3 is 0 Å². The third-order valence-electron chi connectivity index (χ3n) is 3.09. The second kappa shape index (κ2) is 5.89. The lowest BCUT2D eigenvalue weighted by Crippen LogP contribution is -2.37. The van der Waals surface area contributed by atoms with Crippen LogP contribution in [0.1, 0.15) is 52.4 Å². The lowest BCUT2D eigenvalue weighted by atomic mass is 10.0. The van der Waals surface area contributed by atoms with Gasteiger partial charge < -0.3 is 0 Å². The SMILES string of the molecule is CC[C@@H](C)CC(=O)N1CCCCCC1=O. The third kappa shape index (κ3) is 3.65. The summed E-state index contributed by atoms with van der Waals surface area (Å²) >= 11 is 0. The van der Waals surface area contributed by atoms with Crippen LogP contribution in [-0.2, 0) is 9.59 Å². The molecule has 0 bridgehead atoms. The second-order valence-corrected chi connectivity index (χ2v) is 4.47. The molecular formula is C12H21NO2. The monoisotopic (exact) mass is 211 g/mol. The van der Waals surface area contributed by atoms with E-state index in [1.54, 1.807) is 0 Å². The standard InChI is InChI=1S/C12H21NO2/c1-3-10(2)9-12(15)13-8-6-4-5-7-11(13)14/h10H,3-9H2,1-2H3/t10-/m1/s1. The molecule has 0 aromatic heterocycles. The summed E-state index contributed by atoms with van der Waals surface area (Å²) < 4.78 is 0. The van der Waals surface area contributed by atoms with Gasteiger partial charge in [-0.2, -0.15) is 0 Å². The van der Waals surface area contributed by atoms with Crippen molar-refractivity contribution >= 4 is 11.8 Å². The molecular weight excluding hydrogens is 190 g/mol. The molecule has 0 aromatic rings. The highest BCUT2D eigenvalue weighted by Gasteiger charge is 2.23. The Hall–Kier alpha value is -0.860. The summed E-state index contributed by atoms with van der Waals surface area (Å²) in [6.07, 6.45) is 5.03. The fourth-order valence-corrected chi connectivity index (χ4v) is 1.80. The summed E-state index contributed by atoms with van der Waals surface area (Å²) in [7, 11) is 0. The Labute approximate surface area is 91.8 Å². The van der Waals surface area contributed by atoms with E-state index in [-0.39, 0.29) is 11.8 Å². The summed E-state index contributed by atoms with van der Waals surface area (Å²) in [5.41, 5.74) is 0. The molecule has 0 N–H and O–H groups in total. The predicted octanol–water partition coefficient (Wildman–Crippen LogP) is 2.35. The van der Waals surface area contributed by atoms with Crippen LogP contribution in [-0.4, -0.2) is 23.3 Å². The van der Waals surface area contributed by atoms with Crippen molar-refractivity contribution in [3.05, 3.63) is 0 Å².